The van der Waals surface area contributed by atoms with Gasteiger partial charge in [-0.25, -0.2) is 0 Å². The van der Waals surface area contributed by atoms with Crippen LogP contribution in [0.1, 0.15) is 19.3 Å². The average molecular weight is 307 g/mol. The molecule has 1 aliphatic rings. The van der Waals surface area contributed by atoms with Gasteiger partial charge in [0, 0.05) is 5.69 Å². The first-order chi connectivity index (χ1) is 9.15. The number of rotatable bonds is 4. The van der Waals surface area contributed by atoms with E-state index in [0.717, 1.165) is 25.8 Å². The molecule has 1 aliphatic heterocycles. The normalized spacial score (nSPS) is 18.2. The summed E-state index contributed by atoms with van der Waals surface area (Å²) in [6, 6.07) is 5.70. The molecule has 112 valence electrons. The van der Waals surface area contributed by atoms with E-state index >= 15 is 0 Å². The summed E-state index contributed by atoms with van der Waals surface area (Å²) >= 11 is 0. The van der Waals surface area contributed by atoms with Crippen LogP contribution >= 0.6 is 12.4 Å². The van der Waals surface area contributed by atoms with Crippen LogP contribution in [-0.4, -0.2) is 25.1 Å². The molecular formula is C13H17ClF2N2O2. The molecule has 4 nitrogen and oxygen atoms in total. The molecule has 20 heavy (non-hydrogen) atoms. The highest BCUT2D eigenvalue weighted by Gasteiger charge is 2.20. The van der Waals surface area contributed by atoms with Gasteiger partial charge in [-0.3, -0.25) is 4.79 Å². The maximum Gasteiger partial charge on any atom is 0.387 e. The quantitative estimate of drug-likeness (QED) is 0.899. The van der Waals surface area contributed by atoms with Crippen molar-refractivity contribution < 1.29 is 18.3 Å². The standard InChI is InChI=1S/C13H16F2N2O2.ClH/c14-13(15)19-10-6-4-9(5-7-10)17-12(18)11-3-1-2-8-16-11;/h4-7,11,13,16H,1-3,8H2,(H,17,18);1H. The van der Waals surface area contributed by atoms with Gasteiger partial charge in [-0.2, -0.15) is 8.78 Å². The maximum atomic E-state index is 12.0. The van der Waals surface area contributed by atoms with Crippen molar-refractivity contribution in [2.45, 2.75) is 31.9 Å². The molecule has 7 heteroatoms. The van der Waals surface area contributed by atoms with E-state index in [9.17, 15) is 13.6 Å². The Kier molecular flexibility index (Phi) is 6.67. The molecule has 1 amide bonds. The van der Waals surface area contributed by atoms with E-state index in [2.05, 4.69) is 15.4 Å². The van der Waals surface area contributed by atoms with Gasteiger partial charge in [0.2, 0.25) is 5.91 Å². The smallest absolute Gasteiger partial charge is 0.387 e. The number of piperidine rings is 1. The summed E-state index contributed by atoms with van der Waals surface area (Å²) in [6.45, 7) is -1.99. The number of halogens is 3. The van der Waals surface area contributed by atoms with Crippen LogP contribution in [0, 0.1) is 0 Å². The fourth-order valence-electron chi connectivity index (χ4n) is 2.02. The Balaban J connectivity index is 0.00000200. The molecule has 2 rings (SSSR count). The van der Waals surface area contributed by atoms with Gasteiger partial charge in [0.15, 0.2) is 0 Å². The SMILES string of the molecule is Cl.O=C(Nc1ccc(OC(F)F)cc1)C1CCCCN1. The molecule has 1 unspecified atom stereocenters. The number of benzene rings is 1. The zero-order valence-electron chi connectivity index (χ0n) is 10.8. The molecule has 0 aromatic heterocycles. The third kappa shape index (κ3) is 4.94. The molecule has 0 bridgehead atoms. The Hall–Kier alpha value is -1.40. The molecule has 1 aromatic carbocycles. The molecule has 0 spiro atoms. The van der Waals surface area contributed by atoms with Gasteiger partial charge in [-0.1, -0.05) is 6.42 Å². The molecule has 0 aliphatic carbocycles. The van der Waals surface area contributed by atoms with Gasteiger partial charge in [0.25, 0.3) is 0 Å². The van der Waals surface area contributed by atoms with Crippen molar-refractivity contribution in [3.05, 3.63) is 24.3 Å². The molecular weight excluding hydrogens is 290 g/mol. The molecule has 0 saturated carbocycles. The first kappa shape index (κ1) is 16.7. The van der Waals surface area contributed by atoms with Crippen molar-refractivity contribution in [1.82, 2.24) is 5.32 Å². The lowest BCUT2D eigenvalue weighted by atomic mass is 10.0. The highest BCUT2D eigenvalue weighted by Crippen LogP contribution is 2.18. The number of alkyl halides is 2. The van der Waals surface area contributed by atoms with Gasteiger partial charge in [-0.15, -0.1) is 12.4 Å². The lowest BCUT2D eigenvalue weighted by Crippen LogP contribution is -2.43. The van der Waals surface area contributed by atoms with Crippen LogP contribution in [0.5, 0.6) is 5.75 Å². The van der Waals surface area contributed by atoms with Crippen LogP contribution in [0.2, 0.25) is 0 Å². The Morgan fingerprint density at radius 1 is 1.30 bits per heavy atom. The summed E-state index contributed by atoms with van der Waals surface area (Å²) in [4.78, 5) is 11.9. The average Bonchev–Trinajstić information content (AvgIpc) is 2.41. The van der Waals surface area contributed by atoms with Gasteiger partial charge in [0.05, 0.1) is 6.04 Å². The topological polar surface area (TPSA) is 50.4 Å². The second-order valence-electron chi connectivity index (χ2n) is 4.39. The van der Waals surface area contributed by atoms with Crippen molar-refractivity contribution in [2.75, 3.05) is 11.9 Å². The van der Waals surface area contributed by atoms with E-state index < -0.39 is 6.61 Å². The minimum atomic E-state index is -2.84. The van der Waals surface area contributed by atoms with Gasteiger partial charge >= 0.3 is 6.61 Å². The van der Waals surface area contributed by atoms with Crippen LogP contribution in [0.3, 0.4) is 0 Å². The second-order valence-corrected chi connectivity index (χ2v) is 4.39. The molecule has 1 atom stereocenters. The van der Waals surface area contributed by atoms with Crippen LogP contribution in [0.4, 0.5) is 14.5 Å². The van der Waals surface area contributed by atoms with Crippen molar-refractivity contribution in [3.63, 3.8) is 0 Å². The predicted octanol–water partition coefficient (Wildman–Crippen LogP) is 2.79. The summed E-state index contributed by atoms with van der Waals surface area (Å²) < 4.78 is 28.2. The Labute approximate surface area is 122 Å². The van der Waals surface area contributed by atoms with E-state index in [0.29, 0.717) is 5.69 Å². The molecule has 1 aromatic rings. The second kappa shape index (κ2) is 8.01. The van der Waals surface area contributed by atoms with Crippen molar-refractivity contribution >= 4 is 24.0 Å². The highest BCUT2D eigenvalue weighted by atomic mass is 35.5. The zero-order valence-corrected chi connectivity index (χ0v) is 11.6. The number of carbonyl (C=O) groups is 1. The number of ether oxygens (including phenoxy) is 1. The number of nitrogens with one attached hydrogen (secondary N) is 2. The van der Waals surface area contributed by atoms with Crippen LogP contribution in [-0.2, 0) is 4.79 Å². The monoisotopic (exact) mass is 306 g/mol. The molecule has 2 N–H and O–H groups in total. The van der Waals surface area contributed by atoms with Crippen molar-refractivity contribution in [3.8, 4) is 5.75 Å². The fourth-order valence-corrected chi connectivity index (χ4v) is 2.02. The summed E-state index contributed by atoms with van der Waals surface area (Å²) in [6.07, 6.45) is 2.94. The minimum Gasteiger partial charge on any atom is -0.435 e. The van der Waals surface area contributed by atoms with Gasteiger partial charge in [0.1, 0.15) is 5.75 Å². The number of carbonyl (C=O) groups excluding carboxylic acids is 1. The first-order valence-corrected chi connectivity index (χ1v) is 6.24. The molecule has 0 radical (unpaired) electrons. The van der Waals surface area contributed by atoms with Crippen LogP contribution in [0.15, 0.2) is 24.3 Å². The molecule has 1 saturated heterocycles. The fraction of sp³-hybridized carbons (Fsp3) is 0.462. The molecule has 1 fully saturated rings. The number of anilines is 1. The Morgan fingerprint density at radius 3 is 2.55 bits per heavy atom. The van der Waals surface area contributed by atoms with Gasteiger partial charge < -0.3 is 15.4 Å². The lowest BCUT2D eigenvalue weighted by molar-refractivity contribution is -0.118. The van der Waals surface area contributed by atoms with Gasteiger partial charge in [-0.05, 0) is 43.7 Å². The van der Waals surface area contributed by atoms with E-state index in [1.165, 1.54) is 12.1 Å². The van der Waals surface area contributed by atoms with Crippen LogP contribution in [0.25, 0.3) is 0 Å². The number of amides is 1. The zero-order chi connectivity index (χ0) is 13.7. The summed E-state index contributed by atoms with van der Waals surface area (Å²) in [5, 5.41) is 5.89. The number of hydrogen-bond donors (Lipinski definition) is 2. The van der Waals surface area contributed by atoms with E-state index in [1.54, 1.807) is 12.1 Å². The predicted molar refractivity (Wildman–Crippen MR) is 74.6 cm³/mol. The minimum absolute atomic E-state index is 0. The Morgan fingerprint density at radius 2 is 2.00 bits per heavy atom. The van der Waals surface area contributed by atoms with E-state index in [4.69, 9.17) is 0 Å². The third-order valence-corrected chi connectivity index (χ3v) is 2.97. The largest absolute Gasteiger partial charge is 0.435 e. The van der Waals surface area contributed by atoms with E-state index in [1.807, 2.05) is 0 Å². The summed E-state index contributed by atoms with van der Waals surface area (Å²) in [5.74, 6) is -0.0222. The molecule has 1 heterocycles. The Bertz CT molecular complexity index is 423. The maximum absolute atomic E-state index is 12.0. The van der Waals surface area contributed by atoms with Crippen molar-refractivity contribution in [1.29, 1.82) is 0 Å². The third-order valence-electron chi connectivity index (χ3n) is 2.97. The number of hydrogen-bond acceptors (Lipinski definition) is 3. The van der Waals surface area contributed by atoms with E-state index in [-0.39, 0.29) is 30.1 Å². The van der Waals surface area contributed by atoms with Crippen molar-refractivity contribution in [2.24, 2.45) is 0 Å². The van der Waals surface area contributed by atoms with Crippen LogP contribution < -0.4 is 15.4 Å². The lowest BCUT2D eigenvalue weighted by Gasteiger charge is -2.22. The summed E-state index contributed by atoms with van der Waals surface area (Å²) in [5.41, 5.74) is 0.569. The first-order valence-electron chi connectivity index (χ1n) is 6.24. The summed E-state index contributed by atoms with van der Waals surface area (Å²) in [7, 11) is 0. The highest BCUT2D eigenvalue weighted by molar-refractivity contribution is 5.94.